The summed E-state index contributed by atoms with van der Waals surface area (Å²) in [4.78, 5) is 28.5. The predicted octanol–water partition coefficient (Wildman–Crippen LogP) is 2.72. The quantitative estimate of drug-likeness (QED) is 0.759. The lowest BCUT2D eigenvalue weighted by Crippen LogP contribution is -2.26. The third-order valence-corrected chi connectivity index (χ3v) is 3.55. The van der Waals surface area contributed by atoms with Gasteiger partial charge in [0, 0.05) is 37.7 Å². The van der Waals surface area contributed by atoms with Crippen molar-refractivity contribution in [1.29, 1.82) is 0 Å². The number of aryl methyl sites for hydroxylation is 2. The molecule has 0 aliphatic carbocycles. The van der Waals surface area contributed by atoms with Crippen LogP contribution < -0.4 is 10.6 Å². The van der Waals surface area contributed by atoms with Crippen LogP contribution >= 0.6 is 0 Å². The molecule has 25 heavy (non-hydrogen) atoms. The number of hydrogen-bond acceptors (Lipinski definition) is 4. The Balaban J connectivity index is 2.04. The number of nitrogens with zero attached hydrogens (tertiary/aromatic N) is 1. The molecule has 6 heteroatoms. The number of carbonyl (C=O) groups is 2. The van der Waals surface area contributed by atoms with Crippen LogP contribution in [0.5, 0.6) is 0 Å². The van der Waals surface area contributed by atoms with Gasteiger partial charge in [-0.15, -0.1) is 0 Å². The van der Waals surface area contributed by atoms with Gasteiger partial charge in [-0.3, -0.25) is 14.6 Å². The monoisotopic (exact) mass is 341 g/mol. The fraction of sp³-hybridized carbons (Fsp3) is 0.316. The Morgan fingerprint density at radius 1 is 1.08 bits per heavy atom. The number of nitrogens with one attached hydrogen (secondary N) is 2. The maximum absolute atomic E-state index is 12.4. The molecule has 0 aliphatic rings. The Labute approximate surface area is 147 Å². The minimum atomic E-state index is -0.308. The van der Waals surface area contributed by atoms with E-state index in [9.17, 15) is 9.59 Å². The normalized spacial score (nSPS) is 10.4. The standard InChI is InChI=1S/C19H23N3O3/c1-13-9-14(2)11-16(10-13)22-18(23)15-5-7-20-17(12-15)19(24)21-6-4-8-25-3/h5,7,9-12H,4,6,8H2,1-3H3,(H,21,24)(H,22,23). The lowest BCUT2D eigenvalue weighted by Gasteiger charge is -2.09. The second-order valence-electron chi connectivity index (χ2n) is 5.86. The molecular formula is C19H23N3O3. The molecule has 0 fully saturated rings. The van der Waals surface area contributed by atoms with Crippen molar-refractivity contribution in [3.8, 4) is 0 Å². The number of methoxy groups -OCH3 is 1. The van der Waals surface area contributed by atoms with Crippen LogP contribution in [-0.4, -0.2) is 37.1 Å². The summed E-state index contributed by atoms with van der Waals surface area (Å²) in [5.41, 5.74) is 3.47. The lowest BCUT2D eigenvalue weighted by atomic mass is 10.1. The first-order valence-corrected chi connectivity index (χ1v) is 8.12. The van der Waals surface area contributed by atoms with E-state index in [1.165, 1.54) is 12.3 Å². The molecule has 2 aromatic rings. The number of ether oxygens (including phenoxy) is 1. The van der Waals surface area contributed by atoms with E-state index in [0.717, 1.165) is 23.2 Å². The van der Waals surface area contributed by atoms with Crippen molar-refractivity contribution in [2.24, 2.45) is 0 Å². The van der Waals surface area contributed by atoms with Gasteiger partial charge in [-0.25, -0.2) is 0 Å². The average molecular weight is 341 g/mol. The van der Waals surface area contributed by atoms with Gasteiger partial charge in [-0.2, -0.15) is 0 Å². The molecule has 0 spiro atoms. The molecule has 0 bridgehead atoms. The second-order valence-corrected chi connectivity index (χ2v) is 5.86. The Kier molecular flexibility index (Phi) is 6.65. The first-order valence-electron chi connectivity index (χ1n) is 8.12. The van der Waals surface area contributed by atoms with Crippen molar-refractivity contribution >= 4 is 17.5 Å². The zero-order valence-electron chi connectivity index (χ0n) is 14.8. The van der Waals surface area contributed by atoms with Gasteiger partial charge in [-0.05, 0) is 55.7 Å². The summed E-state index contributed by atoms with van der Waals surface area (Å²) in [5, 5.41) is 5.60. The van der Waals surface area contributed by atoms with Crippen LogP contribution in [0.1, 0.15) is 38.4 Å². The van der Waals surface area contributed by atoms with Crippen LogP contribution in [-0.2, 0) is 4.74 Å². The molecular weight excluding hydrogens is 318 g/mol. The number of carbonyl (C=O) groups excluding carboxylic acids is 2. The van der Waals surface area contributed by atoms with Gasteiger partial charge in [0.1, 0.15) is 5.69 Å². The van der Waals surface area contributed by atoms with Crippen molar-refractivity contribution < 1.29 is 14.3 Å². The topological polar surface area (TPSA) is 80.3 Å². The third kappa shape index (κ3) is 5.69. The van der Waals surface area contributed by atoms with Crippen molar-refractivity contribution in [2.45, 2.75) is 20.3 Å². The van der Waals surface area contributed by atoms with E-state index >= 15 is 0 Å². The Hall–Kier alpha value is -2.73. The summed E-state index contributed by atoms with van der Waals surface area (Å²) in [7, 11) is 1.61. The van der Waals surface area contributed by atoms with E-state index in [4.69, 9.17) is 4.74 Å². The molecule has 0 aliphatic heterocycles. The summed E-state index contributed by atoms with van der Waals surface area (Å²) in [6.07, 6.45) is 2.18. The molecule has 1 heterocycles. The largest absolute Gasteiger partial charge is 0.385 e. The molecule has 2 amide bonds. The Bertz CT molecular complexity index is 739. The van der Waals surface area contributed by atoms with Crippen LogP contribution in [0.15, 0.2) is 36.5 Å². The SMILES string of the molecule is COCCCNC(=O)c1cc(C(=O)Nc2cc(C)cc(C)c2)ccn1. The van der Waals surface area contributed by atoms with Crippen molar-refractivity contribution in [3.63, 3.8) is 0 Å². The highest BCUT2D eigenvalue weighted by molar-refractivity contribution is 6.05. The molecule has 0 unspecified atom stereocenters. The molecule has 6 nitrogen and oxygen atoms in total. The molecule has 132 valence electrons. The number of hydrogen-bond donors (Lipinski definition) is 2. The Morgan fingerprint density at radius 2 is 1.80 bits per heavy atom. The highest BCUT2D eigenvalue weighted by atomic mass is 16.5. The van der Waals surface area contributed by atoms with Gasteiger partial charge in [0.2, 0.25) is 0 Å². The highest BCUT2D eigenvalue weighted by Crippen LogP contribution is 2.15. The predicted molar refractivity (Wildman–Crippen MR) is 96.9 cm³/mol. The zero-order chi connectivity index (χ0) is 18.2. The average Bonchev–Trinajstić information content (AvgIpc) is 2.57. The first-order chi connectivity index (χ1) is 12.0. The van der Waals surface area contributed by atoms with Gasteiger partial charge >= 0.3 is 0 Å². The summed E-state index contributed by atoms with van der Waals surface area (Å²) >= 11 is 0. The summed E-state index contributed by atoms with van der Waals surface area (Å²) < 4.78 is 4.93. The molecule has 2 N–H and O–H groups in total. The van der Waals surface area contributed by atoms with Crippen LogP contribution in [0.2, 0.25) is 0 Å². The van der Waals surface area contributed by atoms with Crippen LogP contribution in [0.25, 0.3) is 0 Å². The maximum Gasteiger partial charge on any atom is 0.269 e. The number of aromatic nitrogens is 1. The van der Waals surface area contributed by atoms with E-state index in [1.807, 2.05) is 32.0 Å². The van der Waals surface area contributed by atoms with Gasteiger partial charge in [-0.1, -0.05) is 6.07 Å². The van der Waals surface area contributed by atoms with Gasteiger partial charge in [0.05, 0.1) is 0 Å². The third-order valence-electron chi connectivity index (χ3n) is 3.55. The first kappa shape index (κ1) is 18.6. The number of anilines is 1. The van der Waals surface area contributed by atoms with Crippen LogP contribution in [0, 0.1) is 13.8 Å². The molecule has 1 aromatic heterocycles. The number of pyridine rings is 1. The van der Waals surface area contributed by atoms with Gasteiger partial charge in [0.25, 0.3) is 11.8 Å². The van der Waals surface area contributed by atoms with Crippen molar-refractivity contribution in [2.75, 3.05) is 25.6 Å². The lowest BCUT2D eigenvalue weighted by molar-refractivity contribution is 0.0943. The van der Waals surface area contributed by atoms with Crippen molar-refractivity contribution in [1.82, 2.24) is 10.3 Å². The van der Waals surface area contributed by atoms with E-state index in [2.05, 4.69) is 15.6 Å². The van der Waals surface area contributed by atoms with E-state index in [0.29, 0.717) is 18.7 Å². The molecule has 0 saturated heterocycles. The minimum Gasteiger partial charge on any atom is -0.385 e. The molecule has 0 radical (unpaired) electrons. The highest BCUT2D eigenvalue weighted by Gasteiger charge is 2.12. The number of amides is 2. The van der Waals surface area contributed by atoms with E-state index < -0.39 is 0 Å². The summed E-state index contributed by atoms with van der Waals surface area (Å²) in [5.74, 6) is -0.585. The van der Waals surface area contributed by atoms with Gasteiger partial charge < -0.3 is 15.4 Å². The number of benzene rings is 1. The number of rotatable bonds is 7. The molecule has 2 rings (SSSR count). The van der Waals surface area contributed by atoms with Crippen molar-refractivity contribution in [3.05, 3.63) is 58.9 Å². The maximum atomic E-state index is 12.4. The summed E-state index contributed by atoms with van der Waals surface area (Å²) in [6, 6.07) is 8.91. The van der Waals surface area contributed by atoms with Gasteiger partial charge in [0.15, 0.2) is 0 Å². The molecule has 1 aromatic carbocycles. The van der Waals surface area contributed by atoms with E-state index in [-0.39, 0.29) is 17.5 Å². The van der Waals surface area contributed by atoms with Crippen LogP contribution in [0.4, 0.5) is 5.69 Å². The Morgan fingerprint density at radius 3 is 2.48 bits per heavy atom. The van der Waals surface area contributed by atoms with E-state index in [1.54, 1.807) is 13.2 Å². The second kappa shape index (κ2) is 8.94. The fourth-order valence-electron chi connectivity index (χ4n) is 2.46. The summed E-state index contributed by atoms with van der Waals surface area (Å²) in [6.45, 7) is 5.02. The fourth-order valence-corrected chi connectivity index (χ4v) is 2.46. The smallest absolute Gasteiger partial charge is 0.269 e. The zero-order valence-corrected chi connectivity index (χ0v) is 14.8. The molecule has 0 saturated carbocycles. The minimum absolute atomic E-state index is 0.213. The molecule has 0 atom stereocenters. The van der Waals surface area contributed by atoms with Crippen LogP contribution in [0.3, 0.4) is 0 Å².